The van der Waals surface area contributed by atoms with Gasteiger partial charge in [0.2, 0.25) is 0 Å². The molecule has 7 heteroatoms. The molecule has 0 saturated heterocycles. The van der Waals surface area contributed by atoms with Gasteiger partial charge in [0.15, 0.2) is 0 Å². The molecule has 0 aliphatic heterocycles. The van der Waals surface area contributed by atoms with Gasteiger partial charge in [-0.15, -0.1) is 0 Å². The van der Waals surface area contributed by atoms with Crippen LogP contribution in [0, 0.1) is 10.1 Å². The molecule has 0 amide bonds. The van der Waals surface area contributed by atoms with E-state index >= 15 is 0 Å². The average molecular weight is 299 g/mol. The molecule has 6 nitrogen and oxygen atoms in total. The van der Waals surface area contributed by atoms with Crippen LogP contribution in [0.3, 0.4) is 0 Å². The lowest BCUT2D eigenvalue weighted by atomic mass is 9.75. The molecule has 0 N–H and O–H groups in total. The van der Waals surface area contributed by atoms with E-state index in [-0.39, 0.29) is 16.4 Å². The highest BCUT2D eigenvalue weighted by Gasteiger charge is 2.40. The lowest BCUT2D eigenvalue weighted by Gasteiger charge is -2.49. The van der Waals surface area contributed by atoms with Crippen LogP contribution in [-0.4, -0.2) is 48.0 Å². The molecule has 1 fully saturated rings. The standard InChI is InChI=1S/C13H19ClN4O2/c1-16(2)13(5-4-6-13)9-17(3)12-8-10(18(19)20)7-11(14)15-12/h7-8H,4-6,9H2,1-3H3. The fraction of sp³-hybridized carbons (Fsp3) is 0.615. The minimum absolute atomic E-state index is 0.0284. The van der Waals surface area contributed by atoms with E-state index in [2.05, 4.69) is 24.0 Å². The minimum Gasteiger partial charge on any atom is -0.358 e. The number of nitro groups is 1. The second-order valence-corrected chi connectivity index (χ2v) is 5.98. The maximum Gasteiger partial charge on any atom is 0.276 e. The number of hydrogen-bond acceptors (Lipinski definition) is 5. The molecular weight excluding hydrogens is 280 g/mol. The van der Waals surface area contributed by atoms with Crippen molar-refractivity contribution in [3.05, 3.63) is 27.4 Å². The van der Waals surface area contributed by atoms with Crippen molar-refractivity contribution in [1.82, 2.24) is 9.88 Å². The summed E-state index contributed by atoms with van der Waals surface area (Å²) in [4.78, 5) is 18.8. The first-order chi connectivity index (χ1) is 9.34. The van der Waals surface area contributed by atoms with Crippen molar-refractivity contribution in [1.29, 1.82) is 0 Å². The van der Waals surface area contributed by atoms with Crippen LogP contribution in [0.2, 0.25) is 5.15 Å². The summed E-state index contributed by atoms with van der Waals surface area (Å²) in [6, 6.07) is 2.73. The molecule has 1 aromatic rings. The highest BCUT2D eigenvalue weighted by Crippen LogP contribution is 2.37. The van der Waals surface area contributed by atoms with E-state index in [0.29, 0.717) is 5.82 Å². The molecule has 110 valence electrons. The second kappa shape index (κ2) is 5.54. The molecule has 0 spiro atoms. The van der Waals surface area contributed by atoms with Gasteiger partial charge in [-0.25, -0.2) is 4.98 Å². The van der Waals surface area contributed by atoms with Crippen molar-refractivity contribution >= 4 is 23.1 Å². The van der Waals surface area contributed by atoms with Crippen molar-refractivity contribution in [3.8, 4) is 0 Å². The third kappa shape index (κ3) is 2.86. The number of nitrogens with zero attached hydrogens (tertiary/aromatic N) is 4. The minimum atomic E-state index is -0.448. The van der Waals surface area contributed by atoms with Gasteiger partial charge in [0.05, 0.1) is 17.1 Å². The van der Waals surface area contributed by atoms with E-state index in [1.165, 1.54) is 18.6 Å². The Morgan fingerprint density at radius 3 is 2.50 bits per heavy atom. The zero-order chi connectivity index (χ0) is 14.9. The van der Waals surface area contributed by atoms with Gasteiger partial charge >= 0.3 is 0 Å². The Kier molecular flexibility index (Phi) is 4.15. The van der Waals surface area contributed by atoms with E-state index in [4.69, 9.17) is 11.6 Å². The maximum atomic E-state index is 10.9. The van der Waals surface area contributed by atoms with Crippen LogP contribution in [-0.2, 0) is 0 Å². The van der Waals surface area contributed by atoms with E-state index in [0.717, 1.165) is 19.4 Å². The summed E-state index contributed by atoms with van der Waals surface area (Å²) >= 11 is 5.87. The lowest BCUT2D eigenvalue weighted by molar-refractivity contribution is -0.384. The molecule has 1 aliphatic carbocycles. The maximum absolute atomic E-state index is 10.9. The molecular formula is C13H19ClN4O2. The molecule has 1 saturated carbocycles. The quantitative estimate of drug-likeness (QED) is 0.475. The molecule has 0 radical (unpaired) electrons. The summed E-state index contributed by atoms with van der Waals surface area (Å²) < 4.78 is 0. The number of pyridine rings is 1. The van der Waals surface area contributed by atoms with Crippen LogP contribution in [0.15, 0.2) is 12.1 Å². The number of likely N-dealkylation sites (N-methyl/N-ethyl adjacent to an activating group) is 2. The first-order valence-corrected chi connectivity index (χ1v) is 6.92. The number of aromatic nitrogens is 1. The van der Waals surface area contributed by atoms with Gasteiger partial charge in [-0.1, -0.05) is 11.6 Å². The van der Waals surface area contributed by atoms with Gasteiger partial charge in [0, 0.05) is 19.1 Å². The van der Waals surface area contributed by atoms with Gasteiger partial charge in [0.25, 0.3) is 5.69 Å². The first-order valence-electron chi connectivity index (χ1n) is 6.55. The van der Waals surface area contributed by atoms with Crippen LogP contribution in [0.25, 0.3) is 0 Å². The first kappa shape index (κ1) is 15.0. The van der Waals surface area contributed by atoms with Crippen molar-refractivity contribution in [2.45, 2.75) is 24.8 Å². The fourth-order valence-corrected chi connectivity index (χ4v) is 2.82. The SMILES string of the molecule is CN(CC1(N(C)C)CCC1)c1cc([N+](=O)[O-])cc(Cl)n1. The zero-order valence-corrected chi connectivity index (χ0v) is 12.7. The number of rotatable bonds is 5. The monoisotopic (exact) mass is 298 g/mol. The largest absolute Gasteiger partial charge is 0.358 e. The van der Waals surface area contributed by atoms with Crippen LogP contribution >= 0.6 is 11.6 Å². The third-order valence-electron chi connectivity index (χ3n) is 4.13. The molecule has 1 heterocycles. The topological polar surface area (TPSA) is 62.5 Å². The van der Waals surface area contributed by atoms with Gasteiger partial charge in [-0.2, -0.15) is 0 Å². The zero-order valence-electron chi connectivity index (χ0n) is 12.0. The second-order valence-electron chi connectivity index (χ2n) is 5.59. The Morgan fingerprint density at radius 2 is 2.05 bits per heavy atom. The Labute approximate surface area is 123 Å². The van der Waals surface area contributed by atoms with Crippen LogP contribution < -0.4 is 4.90 Å². The smallest absolute Gasteiger partial charge is 0.276 e. The van der Waals surface area contributed by atoms with E-state index < -0.39 is 4.92 Å². The molecule has 0 aromatic carbocycles. The Bertz CT molecular complexity index is 517. The van der Waals surface area contributed by atoms with Crippen molar-refractivity contribution in [2.75, 3.05) is 32.6 Å². The molecule has 1 aliphatic rings. The number of halogens is 1. The molecule has 0 unspecified atom stereocenters. The normalized spacial score (nSPS) is 16.9. The molecule has 0 bridgehead atoms. The Balaban J connectivity index is 2.21. The highest BCUT2D eigenvalue weighted by molar-refractivity contribution is 6.29. The van der Waals surface area contributed by atoms with E-state index in [1.54, 1.807) is 0 Å². The molecule has 20 heavy (non-hydrogen) atoms. The van der Waals surface area contributed by atoms with Gasteiger partial charge in [0.1, 0.15) is 11.0 Å². The summed E-state index contributed by atoms with van der Waals surface area (Å²) in [5.74, 6) is 0.539. The van der Waals surface area contributed by atoms with Crippen molar-refractivity contribution in [2.24, 2.45) is 0 Å². The van der Waals surface area contributed by atoms with E-state index in [9.17, 15) is 10.1 Å². The predicted octanol–water partition coefficient (Wildman–Crippen LogP) is 2.56. The van der Waals surface area contributed by atoms with Gasteiger partial charge in [-0.3, -0.25) is 10.1 Å². The summed E-state index contributed by atoms with van der Waals surface area (Å²) in [5, 5.41) is 11.0. The fourth-order valence-electron chi connectivity index (χ4n) is 2.63. The van der Waals surface area contributed by atoms with Crippen LogP contribution in [0.5, 0.6) is 0 Å². The third-order valence-corrected chi connectivity index (χ3v) is 4.33. The molecule has 2 rings (SSSR count). The van der Waals surface area contributed by atoms with Gasteiger partial charge in [-0.05, 0) is 33.4 Å². The summed E-state index contributed by atoms with van der Waals surface area (Å²) in [6.45, 7) is 0.782. The average Bonchev–Trinajstić information content (AvgIpc) is 2.32. The predicted molar refractivity (Wildman–Crippen MR) is 79.4 cm³/mol. The Hall–Kier alpha value is -1.40. The van der Waals surface area contributed by atoms with Crippen LogP contribution in [0.1, 0.15) is 19.3 Å². The molecule has 1 aromatic heterocycles. The Morgan fingerprint density at radius 1 is 1.40 bits per heavy atom. The van der Waals surface area contributed by atoms with Gasteiger partial charge < -0.3 is 9.80 Å². The molecule has 0 atom stereocenters. The number of hydrogen-bond donors (Lipinski definition) is 0. The summed E-state index contributed by atoms with van der Waals surface area (Å²) in [7, 11) is 6.04. The summed E-state index contributed by atoms with van der Waals surface area (Å²) in [6.07, 6.45) is 3.48. The lowest BCUT2D eigenvalue weighted by Crippen LogP contribution is -2.56. The van der Waals surface area contributed by atoms with Crippen molar-refractivity contribution in [3.63, 3.8) is 0 Å². The number of anilines is 1. The van der Waals surface area contributed by atoms with Crippen molar-refractivity contribution < 1.29 is 4.92 Å². The van der Waals surface area contributed by atoms with E-state index in [1.807, 2.05) is 11.9 Å². The highest BCUT2D eigenvalue weighted by atomic mass is 35.5. The summed E-state index contributed by atoms with van der Waals surface area (Å²) in [5.41, 5.74) is 0.104. The van der Waals surface area contributed by atoms with Crippen LogP contribution in [0.4, 0.5) is 11.5 Å².